The molecule has 0 aliphatic rings. The van der Waals surface area contributed by atoms with E-state index in [0.29, 0.717) is 11.4 Å². The van der Waals surface area contributed by atoms with Crippen LogP contribution in [0, 0.1) is 11.2 Å². The molecular formula is C30H36ClF4N5O4. The van der Waals surface area contributed by atoms with Gasteiger partial charge in [0.15, 0.2) is 0 Å². The van der Waals surface area contributed by atoms with Crippen LogP contribution in [0.15, 0.2) is 47.3 Å². The van der Waals surface area contributed by atoms with Gasteiger partial charge in [-0.1, -0.05) is 43.6 Å². The van der Waals surface area contributed by atoms with Crippen LogP contribution in [0.2, 0.25) is 5.02 Å². The van der Waals surface area contributed by atoms with Crippen molar-refractivity contribution in [2.45, 2.75) is 39.8 Å². The van der Waals surface area contributed by atoms with E-state index in [2.05, 4.69) is 10.6 Å². The van der Waals surface area contributed by atoms with Crippen molar-refractivity contribution in [1.29, 1.82) is 0 Å². The minimum absolute atomic E-state index is 0.0228. The third kappa shape index (κ3) is 9.08. The molecular weight excluding hydrogens is 606 g/mol. The quantitative estimate of drug-likeness (QED) is 0.251. The number of para-hydroxylation sites is 1. The lowest BCUT2D eigenvalue weighted by molar-refractivity contribution is -0.142. The van der Waals surface area contributed by atoms with Crippen molar-refractivity contribution in [3.05, 3.63) is 74.9 Å². The van der Waals surface area contributed by atoms with Crippen LogP contribution in [-0.4, -0.2) is 65.5 Å². The van der Waals surface area contributed by atoms with Gasteiger partial charge in [0.2, 0.25) is 5.91 Å². The third-order valence-corrected chi connectivity index (χ3v) is 7.05. The van der Waals surface area contributed by atoms with Gasteiger partial charge >= 0.3 is 6.18 Å². The molecule has 0 atom stereocenters. The number of hydrogen-bond acceptors (Lipinski definition) is 5. The Morgan fingerprint density at radius 2 is 1.77 bits per heavy atom. The summed E-state index contributed by atoms with van der Waals surface area (Å²) in [5.41, 5.74) is -0.489. The number of rotatable bonds is 13. The van der Waals surface area contributed by atoms with Gasteiger partial charge in [0.1, 0.15) is 17.3 Å². The molecule has 0 spiro atoms. The number of likely N-dealkylation sites (N-methyl/N-ethyl adjacent to an activating group) is 1. The average Bonchev–Trinajstić information content (AvgIpc) is 3.15. The fraction of sp³-hybridized carbons (Fsp3) is 0.433. The van der Waals surface area contributed by atoms with Crippen LogP contribution in [0.3, 0.4) is 0 Å². The van der Waals surface area contributed by atoms with E-state index < -0.39 is 41.3 Å². The number of nitrogens with zero attached hydrogens (tertiary/aromatic N) is 3. The van der Waals surface area contributed by atoms with Gasteiger partial charge in [0.25, 0.3) is 11.5 Å². The van der Waals surface area contributed by atoms with E-state index in [9.17, 15) is 31.9 Å². The predicted octanol–water partition coefficient (Wildman–Crippen LogP) is 5.19. The highest BCUT2D eigenvalue weighted by molar-refractivity contribution is 6.31. The Hall–Kier alpha value is -3.84. The maximum atomic E-state index is 13.9. The Bertz CT molecular complexity index is 1540. The number of carbonyl (C=O) groups is 2. The van der Waals surface area contributed by atoms with Crippen molar-refractivity contribution in [1.82, 2.24) is 19.6 Å². The van der Waals surface area contributed by atoms with Crippen LogP contribution >= 0.6 is 11.6 Å². The summed E-state index contributed by atoms with van der Waals surface area (Å²) < 4.78 is 60.8. The summed E-state index contributed by atoms with van der Waals surface area (Å²) in [7, 11) is 2.92. The number of hydrogen-bond donors (Lipinski definition) is 2. The molecule has 3 rings (SSSR count). The van der Waals surface area contributed by atoms with E-state index in [0.717, 1.165) is 17.0 Å². The topological polar surface area (TPSA) is 97.6 Å². The first kappa shape index (κ1) is 34.6. The molecule has 0 saturated carbocycles. The van der Waals surface area contributed by atoms with Crippen LogP contribution < -0.4 is 20.9 Å². The lowest BCUT2D eigenvalue weighted by Gasteiger charge is -2.24. The van der Waals surface area contributed by atoms with Crippen molar-refractivity contribution in [2.75, 3.05) is 38.6 Å². The highest BCUT2D eigenvalue weighted by atomic mass is 35.5. The summed E-state index contributed by atoms with van der Waals surface area (Å²) >= 11 is 5.87. The molecule has 0 saturated heterocycles. The van der Waals surface area contributed by atoms with Crippen molar-refractivity contribution < 1.29 is 31.9 Å². The molecule has 0 bridgehead atoms. The molecule has 0 radical (unpaired) electrons. The summed E-state index contributed by atoms with van der Waals surface area (Å²) in [4.78, 5) is 40.8. The first-order valence-corrected chi connectivity index (χ1v) is 14.2. The Labute approximate surface area is 257 Å². The number of carbonyl (C=O) groups excluding carboxylic acids is 2. The van der Waals surface area contributed by atoms with Gasteiger partial charge in [-0.2, -0.15) is 13.2 Å². The maximum absolute atomic E-state index is 13.9. The van der Waals surface area contributed by atoms with E-state index in [-0.39, 0.29) is 54.6 Å². The molecule has 2 amide bonds. The van der Waals surface area contributed by atoms with Crippen LogP contribution in [0.1, 0.15) is 43.2 Å². The van der Waals surface area contributed by atoms with Crippen molar-refractivity contribution >= 4 is 29.1 Å². The van der Waals surface area contributed by atoms with Crippen LogP contribution in [-0.2, 0) is 18.3 Å². The smallest absolute Gasteiger partial charge is 0.401 e. The first-order chi connectivity index (χ1) is 20.5. The first-order valence-electron chi connectivity index (χ1n) is 13.8. The highest BCUT2D eigenvalue weighted by Gasteiger charge is 2.30. The van der Waals surface area contributed by atoms with Crippen LogP contribution in [0.4, 0.5) is 23.2 Å². The Kier molecular flexibility index (Phi) is 11.3. The van der Waals surface area contributed by atoms with E-state index in [4.69, 9.17) is 16.3 Å². The Morgan fingerprint density at radius 1 is 1.11 bits per heavy atom. The fourth-order valence-electron chi connectivity index (χ4n) is 4.68. The molecule has 2 aromatic carbocycles. The minimum Gasteiger partial charge on any atom is -0.493 e. The Morgan fingerprint density at radius 3 is 2.39 bits per heavy atom. The van der Waals surface area contributed by atoms with E-state index in [1.165, 1.54) is 16.4 Å². The lowest BCUT2D eigenvalue weighted by atomic mass is 9.88. The SMILES string of the molecule is CCOc1cc(F)c(Cl)cc1C(=O)NCC(C)(C)CC(=O)Nc1c(CCN(C)CC(F)(F)F)n(C)n(-c2ccccc2)c1=O. The number of amides is 2. The monoisotopic (exact) mass is 641 g/mol. The number of aromatic nitrogens is 2. The number of alkyl halides is 3. The number of anilines is 1. The zero-order valence-corrected chi connectivity index (χ0v) is 25.9. The second-order valence-electron chi connectivity index (χ2n) is 11.2. The molecule has 240 valence electrons. The molecule has 9 nitrogen and oxygen atoms in total. The highest BCUT2D eigenvalue weighted by Crippen LogP contribution is 2.27. The maximum Gasteiger partial charge on any atom is 0.401 e. The fourth-order valence-corrected chi connectivity index (χ4v) is 4.84. The summed E-state index contributed by atoms with van der Waals surface area (Å²) in [6.45, 7) is 4.21. The van der Waals surface area contributed by atoms with E-state index in [1.54, 1.807) is 58.2 Å². The average molecular weight is 642 g/mol. The molecule has 0 unspecified atom stereocenters. The molecule has 1 aromatic heterocycles. The Balaban J connectivity index is 1.79. The van der Waals surface area contributed by atoms with Crippen molar-refractivity contribution in [3.63, 3.8) is 0 Å². The number of nitrogens with one attached hydrogen (secondary N) is 2. The summed E-state index contributed by atoms with van der Waals surface area (Å²) in [5.74, 6) is -1.82. The predicted molar refractivity (Wildman–Crippen MR) is 160 cm³/mol. The normalized spacial score (nSPS) is 12.0. The molecule has 1 heterocycles. The second kappa shape index (κ2) is 14.3. The second-order valence-corrected chi connectivity index (χ2v) is 11.6. The molecule has 0 fully saturated rings. The van der Waals surface area contributed by atoms with E-state index in [1.807, 2.05) is 0 Å². The van der Waals surface area contributed by atoms with Gasteiger partial charge in [-0.15, -0.1) is 0 Å². The molecule has 44 heavy (non-hydrogen) atoms. The number of benzene rings is 2. The lowest BCUT2D eigenvalue weighted by Crippen LogP contribution is -2.37. The third-order valence-electron chi connectivity index (χ3n) is 6.76. The van der Waals surface area contributed by atoms with Gasteiger partial charge in [-0.25, -0.2) is 9.07 Å². The zero-order chi connectivity index (χ0) is 32.8. The standard InChI is InChI=1S/C30H36ClF4N5O4/c1-6-44-24-15-22(32)21(31)14-20(24)27(42)36-17-29(2,3)16-25(41)37-26-23(12-13-38(4)18-30(33,34)35)39(5)40(28(26)43)19-10-8-7-9-11-19/h7-11,14-15H,6,12-13,16-18H2,1-5H3,(H,36,42)(H,37,41). The molecule has 0 aliphatic heterocycles. The van der Waals surface area contributed by atoms with Gasteiger partial charge in [-0.05, 0) is 37.6 Å². The van der Waals surface area contributed by atoms with Gasteiger partial charge in [0.05, 0.1) is 35.1 Å². The summed E-state index contributed by atoms with van der Waals surface area (Å²) in [6, 6.07) is 10.8. The molecule has 2 N–H and O–H groups in total. The van der Waals surface area contributed by atoms with Crippen LogP contribution in [0.5, 0.6) is 5.75 Å². The van der Waals surface area contributed by atoms with Gasteiger partial charge in [0, 0.05) is 39.0 Å². The van der Waals surface area contributed by atoms with Crippen LogP contribution in [0.25, 0.3) is 5.69 Å². The van der Waals surface area contributed by atoms with E-state index >= 15 is 0 Å². The minimum atomic E-state index is -4.39. The largest absolute Gasteiger partial charge is 0.493 e. The molecule has 0 aliphatic carbocycles. The van der Waals surface area contributed by atoms with Gasteiger partial charge < -0.3 is 15.4 Å². The van der Waals surface area contributed by atoms with Gasteiger partial charge in [-0.3, -0.25) is 24.0 Å². The summed E-state index contributed by atoms with van der Waals surface area (Å²) in [6.07, 6.45) is -4.46. The number of halogens is 5. The van der Waals surface area contributed by atoms with Crippen molar-refractivity contribution in [3.8, 4) is 11.4 Å². The number of ether oxygens (including phenoxy) is 1. The van der Waals surface area contributed by atoms with Crippen molar-refractivity contribution in [2.24, 2.45) is 12.5 Å². The molecule has 3 aromatic rings. The molecule has 14 heteroatoms. The zero-order valence-electron chi connectivity index (χ0n) is 25.1. The summed E-state index contributed by atoms with van der Waals surface area (Å²) in [5, 5.41) is 5.14.